The van der Waals surface area contributed by atoms with Gasteiger partial charge in [0.1, 0.15) is 0 Å². The van der Waals surface area contributed by atoms with Crippen molar-refractivity contribution >= 4 is 27.8 Å². The largest absolute Gasteiger partial charge is 0.474 e. The minimum absolute atomic E-state index is 0.0378. The van der Waals surface area contributed by atoms with Crippen molar-refractivity contribution in [3.05, 3.63) is 22.6 Å². The number of hydrogen-bond acceptors (Lipinski definition) is 5. The van der Waals surface area contributed by atoms with Gasteiger partial charge in [0, 0.05) is 30.9 Å². The molecule has 1 saturated heterocycles. The number of methoxy groups -OCH3 is 1. The van der Waals surface area contributed by atoms with Gasteiger partial charge in [0.15, 0.2) is 0 Å². The summed E-state index contributed by atoms with van der Waals surface area (Å²) in [5.41, 5.74) is 0.950. The molecule has 1 fully saturated rings. The summed E-state index contributed by atoms with van der Waals surface area (Å²) >= 11 is 3.52. The van der Waals surface area contributed by atoms with Crippen molar-refractivity contribution in [1.82, 2.24) is 19.3 Å². The van der Waals surface area contributed by atoms with E-state index in [2.05, 4.69) is 41.7 Å². The van der Waals surface area contributed by atoms with E-state index in [1.54, 1.807) is 0 Å². The Bertz CT molecular complexity index is 859. The molecule has 1 amide bonds. The van der Waals surface area contributed by atoms with E-state index in [1.165, 1.54) is 7.11 Å². The molecule has 7 nitrogen and oxygen atoms in total. The van der Waals surface area contributed by atoms with Crippen LogP contribution < -0.4 is 4.74 Å². The molecule has 28 heavy (non-hydrogen) atoms. The second-order valence-electron chi connectivity index (χ2n) is 8.70. The third-order valence-corrected chi connectivity index (χ3v) is 5.71. The molecule has 2 aromatic heterocycles. The molecule has 0 bridgehead atoms. The van der Waals surface area contributed by atoms with Gasteiger partial charge in [0.2, 0.25) is 11.7 Å². The number of likely N-dealkylation sites (tertiary alicyclic amines) is 1. The van der Waals surface area contributed by atoms with Gasteiger partial charge in [-0.15, -0.1) is 0 Å². The van der Waals surface area contributed by atoms with Gasteiger partial charge in [-0.2, -0.15) is 4.98 Å². The molecule has 2 aromatic rings. The molecule has 0 spiro atoms. The van der Waals surface area contributed by atoms with E-state index in [1.807, 2.05) is 35.5 Å². The van der Waals surface area contributed by atoms with Gasteiger partial charge in [-0.25, -0.2) is 9.78 Å². The fraction of sp³-hybridized carbons (Fsp3) is 0.650. The Morgan fingerprint density at radius 3 is 2.61 bits per heavy atom. The maximum Gasteiger partial charge on any atom is 0.409 e. The molecule has 2 unspecified atom stereocenters. The van der Waals surface area contributed by atoms with Crippen LogP contribution in [0.4, 0.5) is 4.79 Å². The first kappa shape index (κ1) is 20.9. The van der Waals surface area contributed by atoms with Crippen LogP contribution in [0.1, 0.15) is 59.1 Å². The van der Waals surface area contributed by atoms with Gasteiger partial charge in [-0.3, -0.25) is 4.40 Å². The van der Waals surface area contributed by atoms with Crippen molar-refractivity contribution in [3.8, 4) is 5.88 Å². The van der Waals surface area contributed by atoms with Crippen molar-refractivity contribution in [2.75, 3.05) is 13.7 Å². The number of nitrogens with zero attached hydrogens (tertiary/aromatic N) is 4. The normalized spacial score (nSPS) is 20.6. The van der Waals surface area contributed by atoms with Gasteiger partial charge in [-0.05, 0) is 48.0 Å². The lowest BCUT2D eigenvalue weighted by Gasteiger charge is -2.44. The fourth-order valence-corrected chi connectivity index (χ4v) is 4.20. The standard InChI is InChI=1S/C20H29BrN4O3/c1-12(2)28-17-14(21)10-24-11-15(22-18(24)23-17)13-7-8-25(19(26)27-6)16(9-13)20(3,4)5/h10-13,16H,7-9H2,1-6H3. The maximum absolute atomic E-state index is 12.2. The molecule has 8 heteroatoms. The minimum Gasteiger partial charge on any atom is -0.474 e. The van der Waals surface area contributed by atoms with Crippen molar-refractivity contribution in [2.45, 2.75) is 65.5 Å². The molecule has 3 rings (SSSR count). The predicted molar refractivity (Wildman–Crippen MR) is 111 cm³/mol. The number of amides is 1. The third kappa shape index (κ3) is 4.26. The van der Waals surface area contributed by atoms with Crippen LogP contribution in [0.25, 0.3) is 5.78 Å². The first-order chi connectivity index (χ1) is 13.1. The Kier molecular flexibility index (Phi) is 5.89. The number of ether oxygens (including phenoxy) is 2. The van der Waals surface area contributed by atoms with E-state index in [0.29, 0.717) is 18.2 Å². The molecule has 154 valence electrons. The molecule has 1 aliphatic rings. The molecule has 0 N–H and O–H groups in total. The number of aromatic nitrogens is 3. The van der Waals surface area contributed by atoms with Crippen LogP contribution in [0.15, 0.2) is 16.9 Å². The molecular weight excluding hydrogens is 424 g/mol. The highest BCUT2D eigenvalue weighted by Gasteiger charge is 2.40. The van der Waals surface area contributed by atoms with Crippen molar-refractivity contribution < 1.29 is 14.3 Å². The molecule has 0 saturated carbocycles. The predicted octanol–water partition coefficient (Wildman–Crippen LogP) is 4.64. The van der Waals surface area contributed by atoms with Gasteiger partial charge >= 0.3 is 6.09 Å². The Morgan fingerprint density at radius 2 is 2.00 bits per heavy atom. The lowest BCUT2D eigenvalue weighted by Crippen LogP contribution is -2.51. The Labute approximate surface area is 174 Å². The summed E-state index contributed by atoms with van der Waals surface area (Å²) in [6.07, 6.45) is 5.44. The lowest BCUT2D eigenvalue weighted by atomic mass is 9.76. The van der Waals surface area contributed by atoms with Crippen LogP contribution in [0, 0.1) is 5.41 Å². The quantitative estimate of drug-likeness (QED) is 0.678. The highest BCUT2D eigenvalue weighted by Crippen LogP contribution is 2.39. The monoisotopic (exact) mass is 452 g/mol. The van der Waals surface area contributed by atoms with Crippen molar-refractivity contribution in [2.24, 2.45) is 5.41 Å². The van der Waals surface area contributed by atoms with E-state index < -0.39 is 0 Å². The van der Waals surface area contributed by atoms with Gasteiger partial charge in [0.05, 0.1) is 23.4 Å². The highest BCUT2D eigenvalue weighted by atomic mass is 79.9. The number of imidazole rings is 1. The van der Waals surface area contributed by atoms with Crippen LogP contribution in [0.5, 0.6) is 5.88 Å². The highest BCUT2D eigenvalue weighted by molar-refractivity contribution is 9.10. The van der Waals surface area contributed by atoms with Crippen LogP contribution in [0.2, 0.25) is 0 Å². The maximum atomic E-state index is 12.2. The van der Waals surface area contributed by atoms with E-state index in [-0.39, 0.29) is 29.6 Å². The zero-order chi connectivity index (χ0) is 20.6. The summed E-state index contributed by atoms with van der Waals surface area (Å²) in [5, 5.41) is 0. The van der Waals surface area contributed by atoms with Crippen LogP contribution in [-0.4, -0.2) is 51.2 Å². The molecule has 0 aliphatic carbocycles. The number of piperidine rings is 1. The van der Waals surface area contributed by atoms with Crippen LogP contribution in [0.3, 0.4) is 0 Å². The zero-order valence-electron chi connectivity index (χ0n) is 17.4. The van der Waals surface area contributed by atoms with E-state index >= 15 is 0 Å². The second-order valence-corrected chi connectivity index (χ2v) is 9.55. The number of carbonyl (C=O) groups excluding carboxylic acids is 1. The number of halogens is 1. The van der Waals surface area contributed by atoms with Crippen molar-refractivity contribution in [3.63, 3.8) is 0 Å². The Hall–Kier alpha value is -1.83. The van der Waals surface area contributed by atoms with Gasteiger partial charge in [-0.1, -0.05) is 20.8 Å². The molecule has 0 radical (unpaired) electrons. The molecule has 1 aliphatic heterocycles. The molecule has 3 heterocycles. The topological polar surface area (TPSA) is 69.0 Å². The van der Waals surface area contributed by atoms with Crippen LogP contribution in [-0.2, 0) is 4.74 Å². The van der Waals surface area contributed by atoms with Crippen molar-refractivity contribution in [1.29, 1.82) is 0 Å². The lowest BCUT2D eigenvalue weighted by molar-refractivity contribution is 0.0425. The smallest absolute Gasteiger partial charge is 0.409 e. The summed E-state index contributed by atoms with van der Waals surface area (Å²) in [6, 6.07) is 0.0862. The summed E-state index contributed by atoms with van der Waals surface area (Å²) in [5.74, 6) is 1.43. The number of fused-ring (bicyclic) bond motifs is 1. The summed E-state index contributed by atoms with van der Waals surface area (Å²) in [7, 11) is 1.44. The van der Waals surface area contributed by atoms with E-state index in [4.69, 9.17) is 14.5 Å². The minimum atomic E-state index is -0.255. The third-order valence-electron chi connectivity index (χ3n) is 5.17. The summed E-state index contributed by atoms with van der Waals surface area (Å²) < 4.78 is 13.5. The first-order valence-corrected chi connectivity index (χ1v) is 10.5. The molecule has 0 aromatic carbocycles. The average Bonchev–Trinajstić information content (AvgIpc) is 3.02. The number of carbonyl (C=O) groups is 1. The average molecular weight is 453 g/mol. The first-order valence-electron chi connectivity index (χ1n) is 9.66. The SMILES string of the molecule is COC(=O)N1CCC(c2cn3cc(Br)c(OC(C)C)nc3n2)CC1C(C)(C)C. The Morgan fingerprint density at radius 1 is 1.29 bits per heavy atom. The Balaban J connectivity index is 1.89. The number of rotatable bonds is 3. The summed E-state index contributed by atoms with van der Waals surface area (Å²) in [6.45, 7) is 11.1. The molecular formula is C20H29BrN4O3. The van der Waals surface area contributed by atoms with E-state index in [9.17, 15) is 4.79 Å². The second kappa shape index (κ2) is 7.89. The zero-order valence-corrected chi connectivity index (χ0v) is 19.0. The summed E-state index contributed by atoms with van der Waals surface area (Å²) in [4.78, 5) is 23.4. The van der Waals surface area contributed by atoms with E-state index in [0.717, 1.165) is 23.0 Å². The van der Waals surface area contributed by atoms with Gasteiger partial charge in [0.25, 0.3) is 0 Å². The van der Waals surface area contributed by atoms with Gasteiger partial charge < -0.3 is 14.4 Å². The molecule has 2 atom stereocenters. The number of hydrogen-bond donors (Lipinski definition) is 0. The van der Waals surface area contributed by atoms with Crippen LogP contribution >= 0.6 is 15.9 Å². The fourth-order valence-electron chi connectivity index (χ4n) is 3.80.